The first kappa shape index (κ1) is 18.0. The van der Waals surface area contributed by atoms with E-state index in [0.29, 0.717) is 5.46 Å². The van der Waals surface area contributed by atoms with Crippen molar-refractivity contribution < 1.29 is 23.2 Å². The molecule has 23 heavy (non-hydrogen) atoms. The van der Waals surface area contributed by atoms with Gasteiger partial charge in [0.2, 0.25) is 0 Å². The van der Waals surface area contributed by atoms with Gasteiger partial charge in [0.25, 0.3) is 0 Å². The molecule has 4 nitrogen and oxygen atoms in total. The van der Waals surface area contributed by atoms with Crippen molar-refractivity contribution in [2.75, 3.05) is 0 Å². The fourth-order valence-electron chi connectivity index (χ4n) is 2.18. The van der Waals surface area contributed by atoms with Crippen LogP contribution in [0.5, 0.6) is 0 Å². The summed E-state index contributed by atoms with van der Waals surface area (Å²) in [4.78, 5) is 12.2. The van der Waals surface area contributed by atoms with Crippen LogP contribution in [0.1, 0.15) is 58.8 Å². The average molecular weight is 322 g/mol. The predicted molar refractivity (Wildman–Crippen MR) is 87.3 cm³/mol. The van der Waals surface area contributed by atoms with E-state index in [2.05, 4.69) is 0 Å². The summed E-state index contributed by atoms with van der Waals surface area (Å²) in [6.07, 6.45) is 0. The Morgan fingerprint density at radius 1 is 1.09 bits per heavy atom. The maximum atomic E-state index is 13.9. The van der Waals surface area contributed by atoms with Gasteiger partial charge in [-0.3, -0.25) is 0 Å². The largest absolute Gasteiger partial charge is 0.494 e. The van der Waals surface area contributed by atoms with Crippen LogP contribution in [0.3, 0.4) is 0 Å². The van der Waals surface area contributed by atoms with E-state index in [1.54, 1.807) is 26.8 Å². The summed E-state index contributed by atoms with van der Waals surface area (Å²) in [6.45, 7) is 13.0. The first-order chi connectivity index (χ1) is 10.3. The topological polar surface area (TPSA) is 44.8 Å². The van der Waals surface area contributed by atoms with Gasteiger partial charge in [0, 0.05) is 0 Å². The highest BCUT2D eigenvalue weighted by Gasteiger charge is 2.51. The molecule has 0 aliphatic carbocycles. The van der Waals surface area contributed by atoms with Crippen molar-refractivity contribution in [1.29, 1.82) is 0 Å². The van der Waals surface area contributed by atoms with Gasteiger partial charge in [0.1, 0.15) is 11.4 Å². The zero-order valence-electron chi connectivity index (χ0n) is 14.8. The van der Waals surface area contributed by atoms with Crippen molar-refractivity contribution in [3.05, 3.63) is 29.6 Å². The monoisotopic (exact) mass is 322 g/mol. The molecule has 0 spiro atoms. The van der Waals surface area contributed by atoms with Crippen molar-refractivity contribution in [3.8, 4) is 0 Å². The summed E-state index contributed by atoms with van der Waals surface area (Å²) < 4.78 is 31.0. The minimum absolute atomic E-state index is 0.143. The van der Waals surface area contributed by atoms with Crippen LogP contribution in [-0.2, 0) is 14.0 Å². The van der Waals surface area contributed by atoms with Crippen LogP contribution < -0.4 is 5.46 Å². The number of benzene rings is 1. The van der Waals surface area contributed by atoms with Crippen molar-refractivity contribution >= 4 is 18.6 Å². The van der Waals surface area contributed by atoms with Gasteiger partial charge < -0.3 is 14.0 Å². The fraction of sp³-hybridized carbons (Fsp3) is 0.588. The molecular formula is C17H24BFO4. The zero-order chi connectivity index (χ0) is 17.6. The number of halogens is 1. The van der Waals surface area contributed by atoms with Gasteiger partial charge in [-0.25, -0.2) is 9.18 Å². The van der Waals surface area contributed by atoms with E-state index >= 15 is 0 Å². The molecule has 0 amide bonds. The number of esters is 1. The molecule has 1 aliphatic rings. The lowest BCUT2D eigenvalue weighted by atomic mass is 9.78. The second-order valence-corrected chi connectivity index (χ2v) is 7.86. The highest BCUT2D eigenvalue weighted by molar-refractivity contribution is 6.62. The van der Waals surface area contributed by atoms with Gasteiger partial charge in [-0.1, -0.05) is 0 Å². The second kappa shape index (κ2) is 5.60. The second-order valence-electron chi connectivity index (χ2n) is 7.86. The van der Waals surface area contributed by atoms with Crippen molar-refractivity contribution in [3.63, 3.8) is 0 Å². The average Bonchev–Trinajstić information content (AvgIpc) is 2.55. The van der Waals surface area contributed by atoms with E-state index in [0.717, 1.165) is 6.07 Å². The fourth-order valence-corrected chi connectivity index (χ4v) is 2.18. The first-order valence-electron chi connectivity index (χ1n) is 7.70. The quantitative estimate of drug-likeness (QED) is 0.620. The molecule has 126 valence electrons. The smallest absolute Gasteiger partial charge is 0.456 e. The van der Waals surface area contributed by atoms with Crippen molar-refractivity contribution in [1.82, 2.24) is 0 Å². The Morgan fingerprint density at radius 3 is 2.09 bits per heavy atom. The Balaban J connectivity index is 2.30. The van der Waals surface area contributed by atoms with Crippen molar-refractivity contribution in [2.45, 2.75) is 65.3 Å². The molecule has 1 aliphatic heterocycles. The van der Waals surface area contributed by atoms with Gasteiger partial charge in [0.05, 0.1) is 16.8 Å². The molecule has 0 atom stereocenters. The molecule has 6 heteroatoms. The third kappa shape index (κ3) is 3.93. The molecule has 0 saturated carbocycles. The lowest BCUT2D eigenvalue weighted by molar-refractivity contribution is 0.00578. The van der Waals surface area contributed by atoms with E-state index in [1.165, 1.54) is 6.07 Å². The number of hydrogen-bond donors (Lipinski definition) is 0. The van der Waals surface area contributed by atoms with Gasteiger partial charge in [0.15, 0.2) is 0 Å². The third-order valence-electron chi connectivity index (χ3n) is 4.08. The maximum absolute atomic E-state index is 13.9. The third-order valence-corrected chi connectivity index (χ3v) is 4.08. The van der Waals surface area contributed by atoms with Crippen LogP contribution in [-0.4, -0.2) is 29.9 Å². The normalized spacial score (nSPS) is 19.7. The minimum Gasteiger partial charge on any atom is -0.456 e. The molecule has 1 heterocycles. The predicted octanol–water partition coefficient (Wildman–Crippen LogP) is 3.08. The number of rotatable bonds is 2. The van der Waals surface area contributed by atoms with Crippen LogP contribution in [0.2, 0.25) is 0 Å². The molecule has 0 aromatic heterocycles. The van der Waals surface area contributed by atoms with Crippen LogP contribution in [0.4, 0.5) is 4.39 Å². The minimum atomic E-state index is -0.725. The molecule has 1 saturated heterocycles. The summed E-state index contributed by atoms with van der Waals surface area (Å²) in [5.41, 5.74) is -1.10. The summed E-state index contributed by atoms with van der Waals surface area (Å²) in [7, 11) is -0.725. The van der Waals surface area contributed by atoms with Gasteiger partial charge in [-0.15, -0.1) is 0 Å². The van der Waals surface area contributed by atoms with Crippen LogP contribution in [0.25, 0.3) is 0 Å². The lowest BCUT2D eigenvalue weighted by Crippen LogP contribution is -2.41. The van der Waals surface area contributed by atoms with E-state index in [1.807, 2.05) is 27.7 Å². The Kier molecular flexibility index (Phi) is 4.37. The summed E-state index contributed by atoms with van der Waals surface area (Å²) >= 11 is 0. The molecule has 1 fully saturated rings. The van der Waals surface area contributed by atoms with Crippen LogP contribution in [0.15, 0.2) is 18.2 Å². The van der Waals surface area contributed by atoms with Gasteiger partial charge in [-0.05, 0) is 72.1 Å². The Bertz CT molecular complexity index is 604. The van der Waals surface area contributed by atoms with E-state index in [-0.39, 0.29) is 5.56 Å². The summed E-state index contributed by atoms with van der Waals surface area (Å²) in [6, 6.07) is 4.03. The molecule has 0 radical (unpaired) electrons. The zero-order valence-corrected chi connectivity index (χ0v) is 14.8. The summed E-state index contributed by atoms with van der Waals surface area (Å²) in [5.74, 6) is -1.10. The SMILES string of the molecule is CC(C)(C)OC(=O)c1cc(F)cc(B2OC(C)(C)C(C)(C)O2)c1. The van der Waals surface area contributed by atoms with E-state index in [4.69, 9.17) is 14.0 Å². The molecule has 0 N–H and O–H groups in total. The highest BCUT2D eigenvalue weighted by Crippen LogP contribution is 2.36. The number of ether oxygens (including phenoxy) is 1. The standard InChI is InChI=1S/C17H24BFO4/c1-15(2,3)21-14(20)11-8-12(10-13(19)9-11)18-22-16(4,5)17(6,7)23-18/h8-10H,1-7H3. The van der Waals surface area contributed by atoms with Crippen LogP contribution in [0, 0.1) is 5.82 Å². The molecule has 0 bridgehead atoms. The maximum Gasteiger partial charge on any atom is 0.494 e. The van der Waals surface area contributed by atoms with Gasteiger partial charge in [-0.2, -0.15) is 0 Å². The molecule has 1 aromatic rings. The number of hydrogen-bond acceptors (Lipinski definition) is 4. The highest BCUT2D eigenvalue weighted by atomic mass is 19.1. The molecule has 1 aromatic carbocycles. The molecule has 2 rings (SSSR count). The van der Waals surface area contributed by atoms with Crippen LogP contribution >= 0.6 is 0 Å². The molecule has 0 unspecified atom stereocenters. The number of carbonyl (C=O) groups excluding carboxylic acids is 1. The Hall–Kier alpha value is -1.40. The van der Waals surface area contributed by atoms with Gasteiger partial charge >= 0.3 is 13.1 Å². The number of carbonyl (C=O) groups is 1. The van der Waals surface area contributed by atoms with E-state index in [9.17, 15) is 9.18 Å². The summed E-state index contributed by atoms with van der Waals surface area (Å²) in [5, 5.41) is 0. The first-order valence-corrected chi connectivity index (χ1v) is 7.70. The molecular weight excluding hydrogens is 298 g/mol. The lowest BCUT2D eigenvalue weighted by Gasteiger charge is -2.32. The van der Waals surface area contributed by atoms with E-state index < -0.39 is 35.7 Å². The Morgan fingerprint density at radius 2 is 1.61 bits per heavy atom. The Labute approximate surface area is 137 Å². The van der Waals surface area contributed by atoms with Crippen molar-refractivity contribution in [2.24, 2.45) is 0 Å².